The van der Waals surface area contributed by atoms with E-state index >= 15 is 0 Å². The molecule has 2 aromatic carbocycles. The maximum absolute atomic E-state index is 12.0. The van der Waals surface area contributed by atoms with E-state index in [-0.39, 0.29) is 11.8 Å². The van der Waals surface area contributed by atoms with Gasteiger partial charge < -0.3 is 4.74 Å². The molecule has 0 bridgehead atoms. The van der Waals surface area contributed by atoms with Gasteiger partial charge in [-0.3, -0.25) is 20.4 Å². The Balaban J connectivity index is 1.84. The van der Waals surface area contributed by atoms with Crippen LogP contribution < -0.4 is 15.6 Å². The van der Waals surface area contributed by atoms with E-state index in [0.29, 0.717) is 29.4 Å². The molecule has 7 heteroatoms. The van der Waals surface area contributed by atoms with Gasteiger partial charge in [-0.1, -0.05) is 23.7 Å². The maximum Gasteiger partial charge on any atom is 0.269 e. The fraction of sp³-hybridized carbons (Fsp3) is 0.263. The van der Waals surface area contributed by atoms with Crippen LogP contribution in [-0.4, -0.2) is 23.8 Å². The molecule has 0 saturated heterocycles. The van der Waals surface area contributed by atoms with Crippen molar-refractivity contribution in [2.75, 3.05) is 12.0 Å². The zero-order valence-electron chi connectivity index (χ0n) is 14.7. The zero-order valence-corrected chi connectivity index (χ0v) is 16.2. The highest BCUT2D eigenvalue weighted by Crippen LogP contribution is 2.21. The molecule has 0 aromatic heterocycles. The van der Waals surface area contributed by atoms with Gasteiger partial charge in [-0.15, -0.1) is 0 Å². The number of hydrogen-bond donors (Lipinski definition) is 2. The summed E-state index contributed by atoms with van der Waals surface area (Å²) < 4.78 is 5.73. The Labute approximate surface area is 162 Å². The zero-order chi connectivity index (χ0) is 18.9. The maximum atomic E-state index is 12.0. The molecule has 2 N–H and O–H groups in total. The summed E-state index contributed by atoms with van der Waals surface area (Å²) in [5, 5.41) is 0.702. The Kier molecular flexibility index (Phi) is 7.81. The second-order valence-corrected chi connectivity index (χ2v) is 7.03. The lowest BCUT2D eigenvalue weighted by Crippen LogP contribution is -2.41. The third-order valence-electron chi connectivity index (χ3n) is 3.60. The topological polar surface area (TPSA) is 67.4 Å². The largest absolute Gasteiger partial charge is 0.489 e. The molecule has 0 aliphatic heterocycles. The van der Waals surface area contributed by atoms with Gasteiger partial charge in [0.05, 0.1) is 0 Å². The van der Waals surface area contributed by atoms with Gasteiger partial charge >= 0.3 is 0 Å². The summed E-state index contributed by atoms with van der Waals surface area (Å²) >= 11 is 7.57. The second-order valence-electron chi connectivity index (χ2n) is 5.64. The third kappa shape index (κ3) is 6.28. The Bertz CT molecular complexity index is 766. The molecular weight excluding hydrogens is 372 g/mol. The van der Waals surface area contributed by atoms with Crippen molar-refractivity contribution in [3.63, 3.8) is 0 Å². The lowest BCUT2D eigenvalue weighted by molar-refractivity contribution is -0.121. The molecule has 2 amide bonds. The van der Waals surface area contributed by atoms with Crippen LogP contribution in [0, 0.1) is 6.92 Å². The first kappa shape index (κ1) is 20.1. The number of nitrogens with one attached hydrogen (secondary N) is 2. The summed E-state index contributed by atoms with van der Waals surface area (Å²) in [4.78, 5) is 23.5. The summed E-state index contributed by atoms with van der Waals surface area (Å²) in [6.07, 6.45) is 2.28. The smallest absolute Gasteiger partial charge is 0.269 e. The summed E-state index contributed by atoms with van der Waals surface area (Å²) in [5.74, 6) is 0.879. The molecule has 0 unspecified atom stereocenters. The Morgan fingerprint density at radius 1 is 1.12 bits per heavy atom. The SMILES string of the molecule is CSCCC(=O)NNC(=O)c1ccc(COc2ccc(Cl)c(C)c2)cc1. The minimum Gasteiger partial charge on any atom is -0.489 e. The van der Waals surface area contributed by atoms with Gasteiger partial charge in [-0.05, 0) is 54.6 Å². The van der Waals surface area contributed by atoms with Crippen molar-refractivity contribution >= 4 is 35.2 Å². The van der Waals surface area contributed by atoms with E-state index in [0.717, 1.165) is 16.9 Å². The van der Waals surface area contributed by atoms with Gasteiger partial charge in [0.25, 0.3) is 5.91 Å². The first-order valence-electron chi connectivity index (χ1n) is 8.05. The van der Waals surface area contributed by atoms with Crippen LogP contribution in [0.3, 0.4) is 0 Å². The van der Waals surface area contributed by atoms with Crippen LogP contribution in [0.15, 0.2) is 42.5 Å². The van der Waals surface area contributed by atoms with Crippen molar-refractivity contribution in [3.05, 3.63) is 64.2 Å². The van der Waals surface area contributed by atoms with E-state index in [1.807, 2.05) is 37.4 Å². The van der Waals surface area contributed by atoms with Crippen LogP contribution in [0.4, 0.5) is 0 Å². The number of benzene rings is 2. The van der Waals surface area contributed by atoms with E-state index in [4.69, 9.17) is 16.3 Å². The van der Waals surface area contributed by atoms with E-state index in [2.05, 4.69) is 10.9 Å². The molecule has 0 aliphatic carbocycles. The number of hydrazine groups is 1. The molecule has 5 nitrogen and oxygen atoms in total. The van der Waals surface area contributed by atoms with Gasteiger partial charge in [0.2, 0.25) is 5.91 Å². The van der Waals surface area contributed by atoms with Crippen molar-refractivity contribution in [1.29, 1.82) is 0 Å². The normalized spacial score (nSPS) is 10.3. The molecule has 0 radical (unpaired) electrons. The molecule has 0 fully saturated rings. The highest BCUT2D eigenvalue weighted by Gasteiger charge is 2.07. The van der Waals surface area contributed by atoms with Crippen LogP contribution in [0.5, 0.6) is 5.75 Å². The van der Waals surface area contributed by atoms with Crippen LogP contribution in [0.1, 0.15) is 27.9 Å². The fourth-order valence-electron chi connectivity index (χ4n) is 2.08. The summed E-state index contributed by atoms with van der Waals surface area (Å²) in [5.41, 5.74) is 7.15. The van der Waals surface area contributed by atoms with Crippen LogP contribution in [0.2, 0.25) is 5.02 Å². The molecule has 0 heterocycles. The minimum absolute atomic E-state index is 0.212. The molecule has 26 heavy (non-hydrogen) atoms. The van der Waals surface area contributed by atoms with Gasteiger partial charge in [0.15, 0.2) is 0 Å². The van der Waals surface area contributed by atoms with Crippen molar-refractivity contribution in [2.45, 2.75) is 20.0 Å². The molecular formula is C19H21ClN2O3S. The predicted octanol–water partition coefficient (Wildman–Crippen LogP) is 3.74. The van der Waals surface area contributed by atoms with Crippen molar-refractivity contribution in [3.8, 4) is 5.75 Å². The second kappa shape index (κ2) is 10.1. The van der Waals surface area contributed by atoms with Crippen molar-refractivity contribution in [2.24, 2.45) is 0 Å². The number of carbonyl (C=O) groups excluding carboxylic acids is 2. The standard InChI is InChI=1S/C19H21ClN2O3S/c1-13-11-16(7-8-17(13)20)25-12-14-3-5-15(6-4-14)19(24)22-21-18(23)9-10-26-2/h3-8,11H,9-10,12H2,1-2H3,(H,21,23)(H,22,24). The Hall–Kier alpha value is -2.18. The van der Waals surface area contributed by atoms with Gasteiger partial charge in [-0.2, -0.15) is 11.8 Å². The number of aryl methyl sites for hydroxylation is 1. The monoisotopic (exact) mass is 392 g/mol. The van der Waals surface area contributed by atoms with E-state index in [1.165, 1.54) is 0 Å². The summed E-state index contributed by atoms with van der Waals surface area (Å²) in [7, 11) is 0. The van der Waals surface area contributed by atoms with Gasteiger partial charge in [0, 0.05) is 22.8 Å². The van der Waals surface area contributed by atoms with Crippen LogP contribution in [0.25, 0.3) is 0 Å². The number of amides is 2. The van der Waals surface area contributed by atoms with E-state index in [1.54, 1.807) is 30.0 Å². The Morgan fingerprint density at radius 2 is 1.85 bits per heavy atom. The molecule has 2 aromatic rings. The predicted molar refractivity (Wildman–Crippen MR) is 106 cm³/mol. The number of rotatable bonds is 7. The number of halogens is 1. The lowest BCUT2D eigenvalue weighted by Gasteiger charge is -2.09. The quantitative estimate of drug-likeness (QED) is 0.704. The van der Waals surface area contributed by atoms with Crippen LogP contribution in [-0.2, 0) is 11.4 Å². The minimum atomic E-state index is -0.358. The molecule has 138 valence electrons. The highest BCUT2D eigenvalue weighted by atomic mass is 35.5. The molecule has 0 saturated carbocycles. The number of thioether (sulfide) groups is 1. The third-order valence-corrected chi connectivity index (χ3v) is 4.64. The number of ether oxygens (including phenoxy) is 1. The Morgan fingerprint density at radius 3 is 2.50 bits per heavy atom. The average molecular weight is 393 g/mol. The lowest BCUT2D eigenvalue weighted by atomic mass is 10.1. The molecule has 0 spiro atoms. The molecule has 0 aliphatic rings. The number of hydrogen-bond acceptors (Lipinski definition) is 4. The first-order chi connectivity index (χ1) is 12.5. The summed E-state index contributed by atoms with van der Waals surface area (Å²) in [6, 6.07) is 12.5. The van der Waals surface area contributed by atoms with E-state index < -0.39 is 0 Å². The summed E-state index contributed by atoms with van der Waals surface area (Å²) in [6.45, 7) is 2.30. The van der Waals surface area contributed by atoms with Crippen LogP contribution >= 0.6 is 23.4 Å². The van der Waals surface area contributed by atoms with Crippen molar-refractivity contribution < 1.29 is 14.3 Å². The first-order valence-corrected chi connectivity index (χ1v) is 9.83. The number of carbonyl (C=O) groups is 2. The molecule has 2 rings (SSSR count). The van der Waals surface area contributed by atoms with E-state index in [9.17, 15) is 9.59 Å². The van der Waals surface area contributed by atoms with Crippen molar-refractivity contribution in [1.82, 2.24) is 10.9 Å². The molecule has 0 atom stereocenters. The van der Waals surface area contributed by atoms with Gasteiger partial charge in [-0.25, -0.2) is 0 Å². The van der Waals surface area contributed by atoms with Gasteiger partial charge in [0.1, 0.15) is 12.4 Å². The average Bonchev–Trinajstić information content (AvgIpc) is 2.65. The highest BCUT2D eigenvalue weighted by molar-refractivity contribution is 7.98. The fourth-order valence-corrected chi connectivity index (χ4v) is 2.59.